The van der Waals surface area contributed by atoms with Crippen LogP contribution in [0.5, 0.6) is 11.6 Å². The van der Waals surface area contributed by atoms with Gasteiger partial charge in [0.2, 0.25) is 5.88 Å². The lowest BCUT2D eigenvalue weighted by Gasteiger charge is -2.38. The van der Waals surface area contributed by atoms with E-state index in [1.165, 1.54) is 0 Å². The Morgan fingerprint density at radius 2 is 2.14 bits per heavy atom. The quantitative estimate of drug-likeness (QED) is 0.599. The minimum absolute atomic E-state index is 0.346. The zero-order chi connectivity index (χ0) is 15.3. The van der Waals surface area contributed by atoms with Crippen LogP contribution in [0.15, 0.2) is 39.9 Å². The Morgan fingerprint density at radius 3 is 2.95 bits per heavy atom. The molecule has 0 saturated carbocycles. The molecular formula is C15H11BrIN3O2. The van der Waals surface area contributed by atoms with Crippen LogP contribution < -0.4 is 10.5 Å². The van der Waals surface area contributed by atoms with E-state index in [0.717, 1.165) is 24.9 Å². The van der Waals surface area contributed by atoms with Crippen molar-refractivity contribution in [1.29, 1.82) is 0 Å². The molecule has 0 fully saturated rings. The van der Waals surface area contributed by atoms with Gasteiger partial charge in [-0.1, -0.05) is 0 Å². The molecule has 4 rings (SSSR count). The molecule has 1 aromatic carbocycles. The fourth-order valence-electron chi connectivity index (χ4n) is 2.86. The maximum Gasteiger partial charge on any atom is 0.225 e. The highest BCUT2D eigenvalue weighted by Gasteiger charge is 2.45. The number of fused-ring (bicyclic) bond motifs is 4. The van der Waals surface area contributed by atoms with E-state index >= 15 is 0 Å². The van der Waals surface area contributed by atoms with E-state index < -0.39 is 5.54 Å². The van der Waals surface area contributed by atoms with Crippen LogP contribution in [-0.4, -0.2) is 24.0 Å². The third-order valence-corrected chi connectivity index (χ3v) is 4.86. The van der Waals surface area contributed by atoms with Crippen molar-refractivity contribution in [3.05, 3.63) is 49.6 Å². The van der Waals surface area contributed by atoms with Gasteiger partial charge < -0.3 is 15.2 Å². The summed E-state index contributed by atoms with van der Waals surface area (Å²) < 4.78 is 13.6. The fourth-order valence-corrected chi connectivity index (χ4v) is 3.68. The lowest BCUT2D eigenvalue weighted by molar-refractivity contribution is 0.109. The molecule has 1 aromatic heterocycles. The van der Waals surface area contributed by atoms with Gasteiger partial charge in [-0.25, -0.2) is 4.98 Å². The van der Waals surface area contributed by atoms with Gasteiger partial charge in [0.15, 0.2) is 0 Å². The second kappa shape index (κ2) is 5.17. The summed E-state index contributed by atoms with van der Waals surface area (Å²) in [6.45, 7) is 0.758. The highest BCUT2D eigenvalue weighted by molar-refractivity contribution is 14.1. The summed E-state index contributed by atoms with van der Waals surface area (Å²) >= 11 is 5.75. The molecule has 1 spiro atoms. The van der Waals surface area contributed by atoms with E-state index in [1.54, 1.807) is 6.20 Å². The summed E-state index contributed by atoms with van der Waals surface area (Å²) in [5.74, 6) is 1.76. The maximum atomic E-state index is 5.98. The number of nitrogens with two attached hydrogens (primary N) is 1. The van der Waals surface area contributed by atoms with Crippen LogP contribution in [0, 0.1) is 3.57 Å². The minimum atomic E-state index is -0.705. The number of hydrogen-bond donors (Lipinski definition) is 1. The third-order valence-electron chi connectivity index (χ3n) is 3.75. The first-order chi connectivity index (χ1) is 10.6. The number of amidine groups is 1. The molecule has 2 N–H and O–H groups in total. The lowest BCUT2D eigenvalue weighted by Crippen LogP contribution is -2.42. The zero-order valence-corrected chi connectivity index (χ0v) is 15.1. The molecule has 0 radical (unpaired) electrons. The van der Waals surface area contributed by atoms with Crippen molar-refractivity contribution in [3.8, 4) is 11.6 Å². The van der Waals surface area contributed by atoms with Crippen molar-refractivity contribution in [2.75, 3.05) is 13.2 Å². The Balaban J connectivity index is 2.05. The van der Waals surface area contributed by atoms with Crippen molar-refractivity contribution in [2.45, 2.75) is 5.54 Å². The Hall–Kier alpha value is -1.19. The molecule has 2 aromatic rings. The summed E-state index contributed by atoms with van der Waals surface area (Å²) in [5.41, 5.74) is 7.09. The van der Waals surface area contributed by atoms with Gasteiger partial charge in [-0.15, -0.1) is 0 Å². The molecule has 112 valence electrons. The number of benzene rings is 1. The van der Waals surface area contributed by atoms with E-state index in [0.29, 0.717) is 24.9 Å². The molecule has 7 heteroatoms. The molecule has 3 heterocycles. The van der Waals surface area contributed by atoms with Crippen molar-refractivity contribution < 1.29 is 9.47 Å². The van der Waals surface area contributed by atoms with Gasteiger partial charge in [0, 0.05) is 19.8 Å². The average molecular weight is 472 g/mol. The number of ether oxygens (including phenoxy) is 2. The predicted octanol–water partition coefficient (Wildman–Crippen LogP) is 3.19. The molecular weight excluding hydrogens is 461 g/mol. The van der Waals surface area contributed by atoms with Crippen LogP contribution >= 0.6 is 38.5 Å². The number of halogens is 2. The number of hydrogen-bond acceptors (Lipinski definition) is 5. The number of pyridine rings is 1. The van der Waals surface area contributed by atoms with Gasteiger partial charge in [0.1, 0.15) is 23.7 Å². The minimum Gasteiger partial charge on any atom is -0.438 e. The van der Waals surface area contributed by atoms with Crippen molar-refractivity contribution >= 4 is 44.4 Å². The van der Waals surface area contributed by atoms with E-state index in [2.05, 4.69) is 49.6 Å². The largest absolute Gasteiger partial charge is 0.438 e. The van der Waals surface area contributed by atoms with Gasteiger partial charge >= 0.3 is 0 Å². The van der Waals surface area contributed by atoms with Crippen molar-refractivity contribution in [1.82, 2.24) is 4.98 Å². The standard InChI is InChI=1S/C15H11BrIN3O2/c16-8-3-11-14(19-5-8)22-12-2-1-9(17)4-10(12)15(11)7-21-6-13(18)20-15/h1-5H,6-7H2,(H2,18,20)/t15-/m1/s1. The van der Waals surface area contributed by atoms with Crippen LogP contribution in [-0.2, 0) is 10.3 Å². The molecule has 5 nitrogen and oxygen atoms in total. The summed E-state index contributed by atoms with van der Waals surface area (Å²) in [7, 11) is 0. The zero-order valence-electron chi connectivity index (χ0n) is 11.3. The van der Waals surface area contributed by atoms with E-state index in [-0.39, 0.29) is 0 Å². The van der Waals surface area contributed by atoms with Gasteiger partial charge in [0.25, 0.3) is 0 Å². The molecule has 0 amide bonds. The number of aromatic nitrogens is 1. The van der Waals surface area contributed by atoms with E-state index in [4.69, 9.17) is 20.2 Å². The highest BCUT2D eigenvalue weighted by atomic mass is 127. The van der Waals surface area contributed by atoms with Crippen LogP contribution in [0.2, 0.25) is 0 Å². The monoisotopic (exact) mass is 471 g/mol. The van der Waals surface area contributed by atoms with Crippen LogP contribution in [0.1, 0.15) is 11.1 Å². The van der Waals surface area contributed by atoms with Gasteiger partial charge in [-0.3, -0.25) is 4.99 Å². The average Bonchev–Trinajstić information content (AvgIpc) is 2.49. The lowest BCUT2D eigenvalue weighted by atomic mass is 9.82. The molecule has 2 aliphatic rings. The number of rotatable bonds is 0. The van der Waals surface area contributed by atoms with Crippen molar-refractivity contribution in [2.24, 2.45) is 10.7 Å². The van der Waals surface area contributed by atoms with Gasteiger partial charge in [-0.2, -0.15) is 0 Å². The molecule has 22 heavy (non-hydrogen) atoms. The molecule has 1 atom stereocenters. The molecule has 0 aliphatic carbocycles. The predicted molar refractivity (Wildman–Crippen MR) is 94.4 cm³/mol. The number of nitrogens with zero attached hydrogens (tertiary/aromatic N) is 2. The van der Waals surface area contributed by atoms with Gasteiger partial charge in [-0.05, 0) is 62.8 Å². The van der Waals surface area contributed by atoms with Crippen LogP contribution in [0.25, 0.3) is 0 Å². The molecule has 0 unspecified atom stereocenters. The van der Waals surface area contributed by atoms with Gasteiger partial charge in [0.05, 0.1) is 12.2 Å². The normalized spacial score (nSPS) is 22.5. The topological polar surface area (TPSA) is 69.7 Å². The fraction of sp³-hybridized carbons (Fsp3) is 0.200. The smallest absolute Gasteiger partial charge is 0.225 e. The second-order valence-electron chi connectivity index (χ2n) is 5.21. The van der Waals surface area contributed by atoms with Crippen LogP contribution in [0.4, 0.5) is 0 Å². The number of aliphatic imine (C=N–C) groups is 1. The molecule has 0 bridgehead atoms. The summed E-state index contributed by atoms with van der Waals surface area (Å²) in [4.78, 5) is 9.14. The maximum absolute atomic E-state index is 5.98. The summed E-state index contributed by atoms with van der Waals surface area (Å²) in [6, 6.07) is 7.96. The Kier molecular flexibility index (Phi) is 3.39. The van der Waals surface area contributed by atoms with E-state index in [1.807, 2.05) is 18.2 Å². The summed E-state index contributed by atoms with van der Waals surface area (Å²) in [6.07, 6.45) is 1.71. The van der Waals surface area contributed by atoms with Crippen LogP contribution in [0.3, 0.4) is 0 Å². The SMILES string of the molecule is NC1=N[C@]2(COC1)c1cc(I)ccc1Oc1ncc(Br)cc12. The van der Waals surface area contributed by atoms with E-state index in [9.17, 15) is 0 Å². The Bertz CT molecular complexity index is 758. The molecule has 0 saturated heterocycles. The first kappa shape index (κ1) is 14.4. The Morgan fingerprint density at radius 1 is 1.27 bits per heavy atom. The second-order valence-corrected chi connectivity index (χ2v) is 7.37. The van der Waals surface area contributed by atoms with Crippen molar-refractivity contribution in [3.63, 3.8) is 0 Å². The third kappa shape index (κ3) is 2.14. The molecule has 2 aliphatic heterocycles. The first-order valence-electron chi connectivity index (χ1n) is 6.64. The Labute approximate surface area is 149 Å². The first-order valence-corrected chi connectivity index (χ1v) is 8.51. The summed E-state index contributed by atoms with van der Waals surface area (Å²) in [5, 5.41) is 0. The highest BCUT2D eigenvalue weighted by Crippen LogP contribution is 2.50.